The van der Waals surface area contributed by atoms with Gasteiger partial charge < -0.3 is 5.73 Å². The van der Waals surface area contributed by atoms with Crippen LogP contribution in [0.1, 0.15) is 17.1 Å². The summed E-state index contributed by atoms with van der Waals surface area (Å²) in [6.45, 7) is 1.99. The van der Waals surface area contributed by atoms with E-state index < -0.39 is 0 Å². The van der Waals surface area contributed by atoms with Gasteiger partial charge in [0.1, 0.15) is 5.51 Å². The van der Waals surface area contributed by atoms with Crippen molar-refractivity contribution >= 4 is 46.0 Å². The van der Waals surface area contributed by atoms with Gasteiger partial charge in [-0.15, -0.1) is 21.5 Å². The summed E-state index contributed by atoms with van der Waals surface area (Å²) in [5.74, 6) is 0. The zero-order chi connectivity index (χ0) is 11.5. The molecule has 0 fully saturated rings. The minimum Gasteiger partial charge on any atom is -0.327 e. The van der Waals surface area contributed by atoms with E-state index in [2.05, 4.69) is 10.2 Å². The van der Waals surface area contributed by atoms with Crippen LogP contribution in [0, 0.1) is 0 Å². The van der Waals surface area contributed by atoms with Crippen LogP contribution in [0.15, 0.2) is 22.0 Å². The largest absolute Gasteiger partial charge is 0.327 e. The van der Waals surface area contributed by atoms with Gasteiger partial charge in [0.15, 0.2) is 4.34 Å². The maximum Gasteiger partial charge on any atom is 0.174 e. The van der Waals surface area contributed by atoms with E-state index >= 15 is 0 Å². The molecule has 16 heavy (non-hydrogen) atoms. The van der Waals surface area contributed by atoms with E-state index in [0.717, 1.165) is 8.68 Å². The van der Waals surface area contributed by atoms with Gasteiger partial charge in [-0.2, -0.15) is 0 Å². The second-order valence-electron chi connectivity index (χ2n) is 3.24. The minimum atomic E-state index is 0.0450. The molecule has 0 saturated heterocycles. The lowest BCUT2D eigenvalue weighted by Gasteiger charge is -2.16. The zero-order valence-corrected chi connectivity index (χ0v) is 11.7. The Morgan fingerprint density at radius 3 is 2.81 bits per heavy atom. The fraction of sp³-hybridized carbons (Fsp3) is 0.333. The molecule has 86 valence electrons. The van der Waals surface area contributed by atoms with Crippen molar-refractivity contribution < 1.29 is 0 Å². The van der Waals surface area contributed by atoms with Crippen LogP contribution in [0.25, 0.3) is 0 Å². The predicted octanol–water partition coefficient (Wildman–Crippen LogP) is 3.43. The van der Waals surface area contributed by atoms with Gasteiger partial charge in [0.25, 0.3) is 0 Å². The molecule has 2 aromatic heterocycles. The molecular weight excluding hydrogens is 282 g/mol. The molecule has 0 amide bonds. The van der Waals surface area contributed by atoms with E-state index in [9.17, 15) is 0 Å². The molecule has 2 N–H and O–H groups in total. The topological polar surface area (TPSA) is 51.8 Å². The van der Waals surface area contributed by atoms with Crippen molar-refractivity contribution in [3.63, 3.8) is 0 Å². The van der Waals surface area contributed by atoms with Gasteiger partial charge >= 0.3 is 0 Å². The molecule has 0 saturated carbocycles. The van der Waals surface area contributed by atoms with Gasteiger partial charge in [0.2, 0.25) is 0 Å². The highest BCUT2D eigenvalue weighted by Crippen LogP contribution is 2.41. The molecule has 2 unspecified atom stereocenters. The van der Waals surface area contributed by atoms with Gasteiger partial charge in [-0.25, -0.2) is 0 Å². The highest BCUT2D eigenvalue weighted by molar-refractivity contribution is 8.01. The molecule has 7 heteroatoms. The average molecular weight is 292 g/mol. The summed E-state index contributed by atoms with van der Waals surface area (Å²) >= 11 is 10.7. The fourth-order valence-electron chi connectivity index (χ4n) is 1.23. The van der Waals surface area contributed by atoms with E-state index in [1.165, 1.54) is 16.2 Å². The number of halogens is 1. The lowest BCUT2D eigenvalue weighted by Crippen LogP contribution is -2.21. The van der Waals surface area contributed by atoms with E-state index in [0.29, 0.717) is 0 Å². The quantitative estimate of drug-likeness (QED) is 0.877. The summed E-state index contributed by atoms with van der Waals surface area (Å²) in [5, 5.41) is 8.02. The maximum absolute atomic E-state index is 5.99. The van der Waals surface area contributed by atoms with Crippen LogP contribution in [0.5, 0.6) is 0 Å². The molecular formula is C9H10ClN3S3. The highest BCUT2D eigenvalue weighted by Gasteiger charge is 2.21. The van der Waals surface area contributed by atoms with Gasteiger partial charge in [0.05, 0.1) is 9.59 Å². The summed E-state index contributed by atoms with van der Waals surface area (Å²) < 4.78 is 1.73. The Kier molecular flexibility index (Phi) is 4.21. The van der Waals surface area contributed by atoms with Crippen LogP contribution in [0.4, 0.5) is 0 Å². The number of nitrogens with two attached hydrogens (primary N) is 1. The molecule has 0 radical (unpaired) electrons. The average Bonchev–Trinajstić information content (AvgIpc) is 2.84. The van der Waals surface area contributed by atoms with Crippen molar-refractivity contribution in [3.05, 3.63) is 26.9 Å². The minimum absolute atomic E-state index is 0.0450. The van der Waals surface area contributed by atoms with Gasteiger partial charge in [-0.1, -0.05) is 34.7 Å². The number of rotatable bonds is 4. The Balaban J connectivity index is 2.18. The van der Waals surface area contributed by atoms with Crippen molar-refractivity contribution in [1.82, 2.24) is 10.2 Å². The van der Waals surface area contributed by atoms with Crippen LogP contribution in [-0.2, 0) is 0 Å². The van der Waals surface area contributed by atoms with Gasteiger partial charge in [-0.3, -0.25) is 0 Å². The zero-order valence-electron chi connectivity index (χ0n) is 8.46. The Labute approximate surface area is 111 Å². The van der Waals surface area contributed by atoms with E-state index in [-0.39, 0.29) is 11.3 Å². The molecule has 2 heterocycles. The lowest BCUT2D eigenvalue weighted by molar-refractivity contribution is 0.729. The molecule has 0 aromatic carbocycles. The van der Waals surface area contributed by atoms with Crippen LogP contribution in [0.2, 0.25) is 4.34 Å². The number of thioether (sulfide) groups is 1. The lowest BCUT2D eigenvalue weighted by atomic mass is 10.2. The molecule has 2 rings (SSSR count). The second-order valence-corrected chi connectivity index (χ2v) is 7.21. The monoisotopic (exact) mass is 291 g/mol. The van der Waals surface area contributed by atoms with Crippen LogP contribution in [0.3, 0.4) is 0 Å². The third kappa shape index (κ3) is 2.95. The maximum atomic E-state index is 5.99. The standard InChI is InChI=1S/C9H10ClN3S3/c1-5(11)8(6-2-3-7(10)15-6)16-9-13-12-4-14-9/h2-5,8H,11H2,1H3. The number of aromatic nitrogens is 2. The first-order chi connectivity index (χ1) is 7.66. The SMILES string of the molecule is CC(N)C(Sc1nncs1)c1ccc(Cl)s1. The molecule has 0 spiro atoms. The Bertz CT molecular complexity index is 441. The molecule has 2 aromatic rings. The number of hydrogen-bond acceptors (Lipinski definition) is 6. The molecule has 0 aliphatic carbocycles. The molecule has 3 nitrogen and oxygen atoms in total. The highest BCUT2D eigenvalue weighted by atomic mass is 35.5. The summed E-state index contributed by atoms with van der Waals surface area (Å²) in [7, 11) is 0. The molecule has 0 aliphatic rings. The van der Waals surface area contributed by atoms with Crippen LogP contribution < -0.4 is 5.73 Å². The van der Waals surface area contributed by atoms with Crippen molar-refractivity contribution in [2.24, 2.45) is 5.73 Å². The molecule has 2 atom stereocenters. The number of hydrogen-bond donors (Lipinski definition) is 1. The second kappa shape index (κ2) is 5.46. The molecule has 0 aliphatic heterocycles. The van der Waals surface area contributed by atoms with Crippen LogP contribution in [-0.4, -0.2) is 16.2 Å². The summed E-state index contributed by atoms with van der Waals surface area (Å²) in [5.41, 5.74) is 7.72. The van der Waals surface area contributed by atoms with Crippen molar-refractivity contribution in [2.75, 3.05) is 0 Å². The Morgan fingerprint density at radius 1 is 1.50 bits per heavy atom. The fourth-order valence-corrected chi connectivity index (χ4v) is 4.34. The van der Waals surface area contributed by atoms with Crippen LogP contribution >= 0.6 is 46.0 Å². The third-order valence-electron chi connectivity index (χ3n) is 1.92. The smallest absolute Gasteiger partial charge is 0.174 e. The summed E-state index contributed by atoms with van der Waals surface area (Å²) in [6.07, 6.45) is 0. The molecule has 0 bridgehead atoms. The van der Waals surface area contributed by atoms with Crippen molar-refractivity contribution in [3.8, 4) is 0 Å². The summed E-state index contributed by atoms with van der Waals surface area (Å²) in [4.78, 5) is 1.18. The first-order valence-electron chi connectivity index (χ1n) is 4.60. The van der Waals surface area contributed by atoms with Crippen molar-refractivity contribution in [2.45, 2.75) is 22.6 Å². The number of nitrogens with zero attached hydrogens (tertiary/aromatic N) is 2. The Hall–Kier alpha value is -0.140. The first-order valence-corrected chi connectivity index (χ1v) is 7.56. The van der Waals surface area contributed by atoms with Gasteiger partial charge in [-0.05, 0) is 19.1 Å². The van der Waals surface area contributed by atoms with Crippen molar-refractivity contribution in [1.29, 1.82) is 0 Å². The van der Waals surface area contributed by atoms with Gasteiger partial charge in [0, 0.05) is 10.9 Å². The van der Waals surface area contributed by atoms with E-state index in [1.807, 2.05) is 19.1 Å². The summed E-state index contributed by atoms with van der Waals surface area (Å²) in [6, 6.07) is 3.97. The van der Waals surface area contributed by atoms with E-state index in [4.69, 9.17) is 17.3 Å². The third-order valence-corrected chi connectivity index (χ3v) is 5.66. The first kappa shape index (κ1) is 12.3. The predicted molar refractivity (Wildman–Crippen MR) is 71.5 cm³/mol. The van der Waals surface area contributed by atoms with E-state index in [1.54, 1.807) is 28.6 Å². The Morgan fingerprint density at radius 2 is 2.31 bits per heavy atom. The number of thiophene rings is 1. The normalized spacial score (nSPS) is 14.9.